The van der Waals surface area contributed by atoms with E-state index in [0.29, 0.717) is 11.3 Å². The molecule has 0 amide bonds. The zero-order valence-corrected chi connectivity index (χ0v) is 8.43. The molecular formula is C11H11F3O. The summed E-state index contributed by atoms with van der Waals surface area (Å²) in [5.41, 5.74) is 0.376. The maximum Gasteiger partial charge on any atom is 0.289 e. The van der Waals surface area contributed by atoms with Crippen molar-refractivity contribution < 1.29 is 17.9 Å². The Balaban J connectivity index is 3.01. The fraction of sp³-hybridized carbons (Fsp3) is 0.273. The monoisotopic (exact) mass is 216 g/mol. The minimum absolute atomic E-state index is 0.0485. The molecule has 0 N–H and O–H groups in total. The summed E-state index contributed by atoms with van der Waals surface area (Å²) in [6.07, 6.45) is -3.06. The molecule has 0 saturated heterocycles. The van der Waals surface area contributed by atoms with E-state index in [9.17, 15) is 13.2 Å². The van der Waals surface area contributed by atoms with Crippen LogP contribution in [0.4, 0.5) is 13.2 Å². The molecule has 0 aliphatic rings. The summed E-state index contributed by atoms with van der Waals surface area (Å²) in [4.78, 5) is 0. The van der Waals surface area contributed by atoms with Gasteiger partial charge in [0.1, 0.15) is 5.75 Å². The Morgan fingerprint density at radius 2 is 1.73 bits per heavy atom. The smallest absolute Gasteiger partial charge is 0.289 e. The molecule has 0 aliphatic heterocycles. The topological polar surface area (TPSA) is 9.23 Å². The van der Waals surface area contributed by atoms with E-state index in [1.54, 1.807) is 12.1 Å². The number of rotatable bonds is 3. The lowest BCUT2D eigenvalue weighted by atomic mass is 10.1. The number of halogens is 3. The Labute approximate surface area is 86.2 Å². The van der Waals surface area contributed by atoms with Crippen molar-refractivity contribution in [2.45, 2.75) is 13.3 Å². The number of methoxy groups -OCH3 is 1. The zero-order chi connectivity index (χ0) is 11.4. The van der Waals surface area contributed by atoms with Gasteiger partial charge in [-0.05, 0) is 30.2 Å². The van der Waals surface area contributed by atoms with Crippen molar-refractivity contribution in [2.75, 3.05) is 7.11 Å². The third kappa shape index (κ3) is 2.75. The van der Waals surface area contributed by atoms with E-state index in [2.05, 4.69) is 0 Å². The highest BCUT2D eigenvalue weighted by Gasteiger charge is 2.14. The Bertz CT molecular complexity index is 355. The maximum atomic E-state index is 12.9. The van der Waals surface area contributed by atoms with Crippen molar-refractivity contribution in [2.24, 2.45) is 0 Å². The van der Waals surface area contributed by atoms with Crippen LogP contribution in [0.2, 0.25) is 0 Å². The van der Waals surface area contributed by atoms with Gasteiger partial charge in [0.05, 0.1) is 7.11 Å². The van der Waals surface area contributed by atoms with Crippen LogP contribution in [-0.2, 0) is 0 Å². The SMILES string of the molecule is COc1ccc(/C(C)=C(/F)C(F)F)cc1. The van der Waals surface area contributed by atoms with Crippen LogP contribution in [0.25, 0.3) is 5.57 Å². The van der Waals surface area contributed by atoms with Crippen molar-refractivity contribution in [1.82, 2.24) is 0 Å². The van der Waals surface area contributed by atoms with Crippen LogP contribution in [-0.4, -0.2) is 13.5 Å². The van der Waals surface area contributed by atoms with Crippen molar-refractivity contribution >= 4 is 5.57 Å². The van der Waals surface area contributed by atoms with Gasteiger partial charge >= 0.3 is 0 Å². The fourth-order valence-electron chi connectivity index (χ4n) is 1.14. The summed E-state index contributed by atoms with van der Waals surface area (Å²) in [5.74, 6) is -0.788. The van der Waals surface area contributed by atoms with Gasteiger partial charge in [-0.15, -0.1) is 0 Å². The molecule has 1 rings (SSSR count). The lowest BCUT2D eigenvalue weighted by molar-refractivity contribution is 0.160. The molecule has 15 heavy (non-hydrogen) atoms. The molecule has 0 unspecified atom stereocenters. The summed E-state index contributed by atoms with van der Waals surface area (Å²) in [7, 11) is 1.50. The predicted octanol–water partition coefficient (Wildman–Crippen LogP) is 3.66. The van der Waals surface area contributed by atoms with Gasteiger partial charge < -0.3 is 4.74 Å². The Kier molecular flexibility index (Phi) is 3.77. The standard InChI is InChI=1S/C11H11F3O/c1-7(10(12)11(13)14)8-3-5-9(15-2)6-4-8/h3-6,11H,1-2H3/b10-7+. The first-order valence-corrected chi connectivity index (χ1v) is 4.35. The van der Waals surface area contributed by atoms with Gasteiger partial charge in [-0.25, -0.2) is 13.2 Å². The van der Waals surface area contributed by atoms with Crippen molar-refractivity contribution in [3.05, 3.63) is 35.7 Å². The fourth-order valence-corrected chi connectivity index (χ4v) is 1.14. The Morgan fingerprint density at radius 3 is 2.13 bits per heavy atom. The van der Waals surface area contributed by atoms with Crippen molar-refractivity contribution in [3.8, 4) is 5.75 Å². The van der Waals surface area contributed by atoms with E-state index in [0.717, 1.165) is 0 Å². The highest BCUT2D eigenvalue weighted by molar-refractivity contribution is 5.66. The third-order valence-electron chi connectivity index (χ3n) is 2.07. The molecule has 1 nitrogen and oxygen atoms in total. The van der Waals surface area contributed by atoms with Gasteiger partial charge in [0.15, 0.2) is 5.83 Å². The van der Waals surface area contributed by atoms with Crippen LogP contribution in [0.15, 0.2) is 30.1 Å². The molecule has 0 radical (unpaired) electrons. The molecule has 0 spiro atoms. The summed E-state index contributed by atoms with van der Waals surface area (Å²) >= 11 is 0. The van der Waals surface area contributed by atoms with E-state index in [-0.39, 0.29) is 5.57 Å². The van der Waals surface area contributed by atoms with Crippen LogP contribution < -0.4 is 4.74 Å². The molecule has 4 heteroatoms. The van der Waals surface area contributed by atoms with Crippen LogP contribution in [0.5, 0.6) is 5.75 Å². The predicted molar refractivity (Wildman–Crippen MR) is 52.7 cm³/mol. The minimum Gasteiger partial charge on any atom is -0.497 e. The van der Waals surface area contributed by atoms with Gasteiger partial charge in [0.25, 0.3) is 6.43 Å². The first kappa shape index (κ1) is 11.6. The highest BCUT2D eigenvalue weighted by atomic mass is 19.3. The number of hydrogen-bond donors (Lipinski definition) is 0. The number of benzene rings is 1. The van der Waals surface area contributed by atoms with Gasteiger partial charge in [0.2, 0.25) is 0 Å². The van der Waals surface area contributed by atoms with E-state index < -0.39 is 12.3 Å². The van der Waals surface area contributed by atoms with Gasteiger partial charge in [-0.1, -0.05) is 12.1 Å². The lowest BCUT2D eigenvalue weighted by Crippen LogP contribution is -1.94. The van der Waals surface area contributed by atoms with Crippen molar-refractivity contribution in [1.29, 1.82) is 0 Å². The summed E-state index contributed by atoms with van der Waals surface area (Å²) in [6, 6.07) is 6.27. The number of alkyl halides is 2. The number of ether oxygens (including phenoxy) is 1. The van der Waals surface area contributed by atoms with Crippen LogP contribution in [0.1, 0.15) is 12.5 Å². The second-order valence-corrected chi connectivity index (χ2v) is 3.00. The normalized spacial score (nSPS) is 12.7. The summed E-state index contributed by atoms with van der Waals surface area (Å²) in [5, 5.41) is 0. The molecular weight excluding hydrogens is 205 g/mol. The van der Waals surface area contributed by atoms with E-state index in [1.807, 2.05) is 0 Å². The first-order valence-electron chi connectivity index (χ1n) is 4.35. The number of hydrogen-bond acceptors (Lipinski definition) is 1. The second kappa shape index (κ2) is 4.87. The Hall–Kier alpha value is -1.45. The molecule has 82 valence electrons. The zero-order valence-electron chi connectivity index (χ0n) is 8.43. The van der Waals surface area contributed by atoms with E-state index in [1.165, 1.54) is 26.2 Å². The molecule has 0 aromatic heterocycles. The summed E-state index contributed by atoms with van der Waals surface area (Å²) < 4.78 is 41.9. The van der Waals surface area contributed by atoms with Gasteiger partial charge in [-0.3, -0.25) is 0 Å². The molecule has 0 fully saturated rings. The van der Waals surface area contributed by atoms with E-state index in [4.69, 9.17) is 4.74 Å². The molecule has 0 aliphatic carbocycles. The second-order valence-electron chi connectivity index (χ2n) is 3.00. The summed E-state index contributed by atoms with van der Waals surface area (Å²) in [6.45, 7) is 1.32. The molecule has 0 heterocycles. The Morgan fingerprint density at radius 1 is 1.20 bits per heavy atom. The quantitative estimate of drug-likeness (QED) is 0.749. The van der Waals surface area contributed by atoms with Crippen LogP contribution in [0, 0.1) is 0 Å². The average Bonchev–Trinajstić information content (AvgIpc) is 2.27. The van der Waals surface area contributed by atoms with Crippen molar-refractivity contribution in [3.63, 3.8) is 0 Å². The van der Waals surface area contributed by atoms with Crippen LogP contribution >= 0.6 is 0 Å². The number of allylic oxidation sites excluding steroid dienone is 2. The van der Waals surface area contributed by atoms with Gasteiger partial charge in [-0.2, -0.15) is 0 Å². The molecule has 0 bridgehead atoms. The average molecular weight is 216 g/mol. The largest absolute Gasteiger partial charge is 0.497 e. The van der Waals surface area contributed by atoms with E-state index >= 15 is 0 Å². The lowest BCUT2D eigenvalue weighted by Gasteiger charge is -2.05. The molecule has 1 aromatic rings. The van der Waals surface area contributed by atoms with Gasteiger partial charge in [0, 0.05) is 0 Å². The first-order chi connectivity index (χ1) is 7.06. The molecule has 0 atom stereocenters. The molecule has 0 saturated carbocycles. The maximum absolute atomic E-state index is 12.9. The van der Waals surface area contributed by atoms with Crippen LogP contribution in [0.3, 0.4) is 0 Å². The highest BCUT2D eigenvalue weighted by Crippen LogP contribution is 2.25. The molecule has 1 aromatic carbocycles. The minimum atomic E-state index is -3.06. The third-order valence-corrected chi connectivity index (χ3v) is 2.07.